The maximum Gasteiger partial charge on any atom is 0.308 e. The largest absolute Gasteiger partial charge is 0.497 e. The van der Waals surface area contributed by atoms with E-state index in [1.807, 2.05) is 24.3 Å². The molecule has 0 radical (unpaired) electrons. The first-order valence-electron chi connectivity index (χ1n) is 8.20. The number of methoxy groups -OCH3 is 1. The lowest BCUT2D eigenvalue weighted by atomic mass is 10.1. The molecule has 2 unspecified atom stereocenters. The van der Waals surface area contributed by atoms with E-state index >= 15 is 0 Å². The first-order chi connectivity index (χ1) is 11.4. The third-order valence-electron chi connectivity index (χ3n) is 4.14. The van der Waals surface area contributed by atoms with Gasteiger partial charge in [-0.25, -0.2) is 0 Å². The molecule has 1 aromatic rings. The number of carbonyl (C=O) groups is 2. The first-order valence-corrected chi connectivity index (χ1v) is 8.20. The normalized spacial score (nSPS) is 16.3. The molecule has 24 heavy (non-hydrogen) atoms. The van der Waals surface area contributed by atoms with Crippen LogP contribution < -0.4 is 4.74 Å². The second-order valence-electron chi connectivity index (χ2n) is 6.27. The molecule has 1 aliphatic rings. The fourth-order valence-corrected chi connectivity index (χ4v) is 2.47. The van der Waals surface area contributed by atoms with Crippen LogP contribution in [0, 0.1) is 5.92 Å². The van der Waals surface area contributed by atoms with Crippen LogP contribution in [0.2, 0.25) is 0 Å². The fraction of sp³-hybridized carbons (Fsp3) is 0.556. The van der Waals surface area contributed by atoms with Gasteiger partial charge in [0.1, 0.15) is 11.9 Å². The van der Waals surface area contributed by atoms with Gasteiger partial charge in [-0.05, 0) is 37.5 Å². The number of benzene rings is 1. The van der Waals surface area contributed by atoms with Gasteiger partial charge in [0.05, 0.1) is 19.6 Å². The maximum absolute atomic E-state index is 12.6. The van der Waals surface area contributed by atoms with Crippen molar-refractivity contribution < 1.29 is 24.2 Å². The van der Waals surface area contributed by atoms with Gasteiger partial charge in [-0.1, -0.05) is 19.1 Å². The lowest BCUT2D eigenvalue weighted by Gasteiger charge is -2.27. The van der Waals surface area contributed by atoms with Crippen molar-refractivity contribution >= 4 is 11.9 Å². The number of ether oxygens (including phenoxy) is 2. The molecular formula is C18H25NO5. The Bertz CT molecular complexity index is 585. The van der Waals surface area contributed by atoms with Gasteiger partial charge in [0.15, 0.2) is 0 Å². The standard InChI is InChI=1S/C18H25NO5/c1-12(18(21)22)10-19(15-7-8-15)17(20)13(2)24-11-14-5-4-6-16(9-14)23-3/h4-6,9,12-13,15H,7-8,10-11H2,1-3H3,(H,21,22). The summed E-state index contributed by atoms with van der Waals surface area (Å²) in [7, 11) is 1.60. The summed E-state index contributed by atoms with van der Waals surface area (Å²) < 4.78 is 10.9. The quantitative estimate of drug-likeness (QED) is 0.749. The average molecular weight is 335 g/mol. The lowest BCUT2D eigenvalue weighted by molar-refractivity contribution is -0.148. The average Bonchev–Trinajstić information content (AvgIpc) is 3.41. The van der Waals surface area contributed by atoms with E-state index < -0.39 is 18.0 Å². The van der Waals surface area contributed by atoms with Gasteiger partial charge >= 0.3 is 5.97 Å². The SMILES string of the molecule is COc1cccc(COC(C)C(=O)N(CC(C)C(=O)O)C2CC2)c1. The summed E-state index contributed by atoms with van der Waals surface area (Å²) in [6, 6.07) is 7.64. The summed E-state index contributed by atoms with van der Waals surface area (Å²) in [4.78, 5) is 25.3. The maximum atomic E-state index is 12.6. The van der Waals surface area contributed by atoms with Gasteiger partial charge in [0, 0.05) is 12.6 Å². The number of carbonyl (C=O) groups excluding carboxylic acids is 1. The number of hydrogen-bond acceptors (Lipinski definition) is 4. The number of aliphatic carboxylic acids is 1. The fourth-order valence-electron chi connectivity index (χ4n) is 2.47. The topological polar surface area (TPSA) is 76.1 Å². The number of carboxylic acids is 1. The van der Waals surface area contributed by atoms with Crippen LogP contribution in [0.5, 0.6) is 5.75 Å². The number of nitrogens with zero attached hydrogens (tertiary/aromatic N) is 1. The molecule has 1 saturated carbocycles. The summed E-state index contributed by atoms with van der Waals surface area (Å²) in [5, 5.41) is 9.07. The molecule has 0 spiro atoms. The summed E-state index contributed by atoms with van der Waals surface area (Å²) in [5.74, 6) is -0.878. The Morgan fingerprint density at radius 1 is 1.33 bits per heavy atom. The van der Waals surface area contributed by atoms with Gasteiger partial charge in [-0.15, -0.1) is 0 Å². The smallest absolute Gasteiger partial charge is 0.308 e. The second-order valence-corrected chi connectivity index (χ2v) is 6.27. The van der Waals surface area contributed by atoms with Crippen molar-refractivity contribution in [3.8, 4) is 5.75 Å². The summed E-state index contributed by atoms with van der Waals surface area (Å²) in [5.41, 5.74) is 0.922. The molecule has 1 N–H and O–H groups in total. The highest BCUT2D eigenvalue weighted by Gasteiger charge is 2.36. The predicted octanol–water partition coefficient (Wildman–Crippen LogP) is 2.31. The van der Waals surface area contributed by atoms with Crippen molar-refractivity contribution in [2.45, 2.75) is 45.4 Å². The third-order valence-corrected chi connectivity index (χ3v) is 4.14. The van der Waals surface area contributed by atoms with E-state index in [2.05, 4.69) is 0 Å². The number of rotatable bonds is 9. The minimum absolute atomic E-state index is 0.145. The molecule has 2 atom stereocenters. The highest BCUT2D eigenvalue weighted by Crippen LogP contribution is 2.28. The molecule has 2 rings (SSSR count). The van der Waals surface area contributed by atoms with Crippen molar-refractivity contribution in [2.75, 3.05) is 13.7 Å². The van der Waals surface area contributed by atoms with Crippen LogP contribution in [0.4, 0.5) is 0 Å². The van der Waals surface area contributed by atoms with Gasteiger partial charge in [0.2, 0.25) is 0 Å². The monoisotopic (exact) mass is 335 g/mol. The molecule has 1 aliphatic carbocycles. The molecular weight excluding hydrogens is 310 g/mol. The molecule has 6 heteroatoms. The van der Waals surface area contributed by atoms with E-state index in [4.69, 9.17) is 14.6 Å². The van der Waals surface area contributed by atoms with Crippen molar-refractivity contribution in [3.63, 3.8) is 0 Å². The molecule has 132 valence electrons. The van der Waals surface area contributed by atoms with Crippen LogP contribution >= 0.6 is 0 Å². The van der Waals surface area contributed by atoms with Crippen molar-refractivity contribution in [2.24, 2.45) is 5.92 Å². The second kappa shape index (κ2) is 8.15. The summed E-state index contributed by atoms with van der Waals surface area (Å²) >= 11 is 0. The van der Waals surface area contributed by atoms with Crippen LogP contribution in [-0.2, 0) is 20.9 Å². The van der Waals surface area contributed by atoms with E-state index in [-0.39, 0.29) is 18.5 Å². The predicted molar refractivity (Wildman–Crippen MR) is 88.8 cm³/mol. The zero-order valence-electron chi connectivity index (χ0n) is 14.4. The van der Waals surface area contributed by atoms with Gasteiger partial charge in [0.25, 0.3) is 5.91 Å². The molecule has 0 aromatic heterocycles. The minimum Gasteiger partial charge on any atom is -0.497 e. The van der Waals surface area contributed by atoms with E-state index in [0.717, 1.165) is 24.2 Å². The molecule has 0 aliphatic heterocycles. The summed E-state index contributed by atoms with van der Waals surface area (Å²) in [6.45, 7) is 3.86. The van der Waals surface area contributed by atoms with Crippen LogP contribution in [0.25, 0.3) is 0 Å². The van der Waals surface area contributed by atoms with Gasteiger partial charge in [-0.2, -0.15) is 0 Å². The van der Waals surface area contributed by atoms with Crippen molar-refractivity contribution in [1.82, 2.24) is 4.90 Å². The molecule has 0 bridgehead atoms. The zero-order chi connectivity index (χ0) is 17.7. The first kappa shape index (κ1) is 18.3. The number of carboxylic acid groups (broad SMARTS) is 1. The lowest BCUT2D eigenvalue weighted by Crippen LogP contribution is -2.44. The van der Waals surface area contributed by atoms with E-state index in [1.54, 1.807) is 25.9 Å². The number of hydrogen-bond donors (Lipinski definition) is 1. The Kier molecular flexibility index (Phi) is 6.20. The van der Waals surface area contributed by atoms with E-state index in [0.29, 0.717) is 6.61 Å². The molecule has 1 aromatic carbocycles. The van der Waals surface area contributed by atoms with Crippen LogP contribution in [0.1, 0.15) is 32.3 Å². The van der Waals surface area contributed by atoms with Crippen LogP contribution in [0.15, 0.2) is 24.3 Å². The molecule has 0 heterocycles. The third kappa shape index (κ3) is 4.96. The van der Waals surface area contributed by atoms with Crippen molar-refractivity contribution in [1.29, 1.82) is 0 Å². The zero-order valence-corrected chi connectivity index (χ0v) is 14.4. The Morgan fingerprint density at radius 2 is 2.04 bits per heavy atom. The molecule has 1 fully saturated rings. The van der Waals surface area contributed by atoms with Crippen molar-refractivity contribution in [3.05, 3.63) is 29.8 Å². The summed E-state index contributed by atoms with van der Waals surface area (Å²) in [6.07, 6.45) is 1.25. The Hall–Kier alpha value is -2.08. The highest BCUT2D eigenvalue weighted by atomic mass is 16.5. The Balaban J connectivity index is 1.92. The Morgan fingerprint density at radius 3 is 2.62 bits per heavy atom. The van der Waals surface area contributed by atoms with E-state index in [1.165, 1.54) is 0 Å². The molecule has 1 amide bonds. The molecule has 0 saturated heterocycles. The van der Waals surface area contributed by atoms with Crippen LogP contribution in [-0.4, -0.2) is 47.7 Å². The number of amides is 1. The molecule has 6 nitrogen and oxygen atoms in total. The highest BCUT2D eigenvalue weighted by molar-refractivity contribution is 5.82. The Labute approximate surface area is 142 Å². The van der Waals surface area contributed by atoms with Crippen LogP contribution in [0.3, 0.4) is 0 Å². The van der Waals surface area contributed by atoms with E-state index in [9.17, 15) is 9.59 Å². The minimum atomic E-state index is -0.890. The van der Waals surface area contributed by atoms with Gasteiger partial charge < -0.3 is 19.5 Å². The van der Waals surface area contributed by atoms with Gasteiger partial charge in [-0.3, -0.25) is 9.59 Å².